The average molecular weight is 225 g/mol. The molecule has 1 heterocycles. The van der Waals surface area contributed by atoms with Crippen LogP contribution in [0.3, 0.4) is 0 Å². The summed E-state index contributed by atoms with van der Waals surface area (Å²) < 4.78 is 0. The Labute approximate surface area is 93.4 Å². The summed E-state index contributed by atoms with van der Waals surface area (Å²) in [4.78, 5) is 11.2. The first kappa shape index (κ1) is 11.9. The van der Waals surface area contributed by atoms with Crippen molar-refractivity contribution in [3.05, 3.63) is 34.0 Å². The predicted molar refractivity (Wildman–Crippen MR) is 62.4 cm³/mol. The Morgan fingerprint density at radius 1 is 1.67 bits per heavy atom. The van der Waals surface area contributed by atoms with Crippen LogP contribution in [0, 0.1) is 0 Å². The van der Waals surface area contributed by atoms with Crippen molar-refractivity contribution < 1.29 is 9.90 Å². The lowest BCUT2D eigenvalue weighted by Crippen LogP contribution is -2.15. The van der Waals surface area contributed by atoms with Crippen molar-refractivity contribution in [1.29, 1.82) is 0 Å². The zero-order valence-corrected chi connectivity index (χ0v) is 9.51. The molecule has 1 aromatic heterocycles. The standard InChI is InChI=1S/C11H15NO2S/c1-2-3-4-6-12-8-9-5-7-15-10(9)11(13)14/h2-3,5,7,12H,4,6,8H2,1H3,(H,13,14)/b3-2+. The number of thiophene rings is 1. The number of allylic oxidation sites excluding steroid dienone is 1. The van der Waals surface area contributed by atoms with Gasteiger partial charge in [0.15, 0.2) is 0 Å². The van der Waals surface area contributed by atoms with E-state index in [4.69, 9.17) is 5.11 Å². The summed E-state index contributed by atoms with van der Waals surface area (Å²) in [7, 11) is 0. The molecule has 3 nitrogen and oxygen atoms in total. The summed E-state index contributed by atoms with van der Waals surface area (Å²) in [5, 5.41) is 13.9. The maximum Gasteiger partial charge on any atom is 0.346 e. The van der Waals surface area contributed by atoms with Crippen LogP contribution >= 0.6 is 11.3 Å². The minimum Gasteiger partial charge on any atom is -0.477 e. The van der Waals surface area contributed by atoms with Gasteiger partial charge in [-0.15, -0.1) is 11.3 Å². The van der Waals surface area contributed by atoms with Crippen LogP contribution in [0.5, 0.6) is 0 Å². The van der Waals surface area contributed by atoms with Crippen molar-refractivity contribution in [1.82, 2.24) is 5.32 Å². The van der Waals surface area contributed by atoms with Gasteiger partial charge in [0.1, 0.15) is 4.88 Å². The van der Waals surface area contributed by atoms with Crippen molar-refractivity contribution in [3.63, 3.8) is 0 Å². The van der Waals surface area contributed by atoms with Crippen molar-refractivity contribution in [2.45, 2.75) is 19.9 Å². The van der Waals surface area contributed by atoms with Crippen LogP contribution in [0.15, 0.2) is 23.6 Å². The van der Waals surface area contributed by atoms with Gasteiger partial charge < -0.3 is 10.4 Å². The first-order chi connectivity index (χ1) is 7.25. The average Bonchev–Trinajstić information content (AvgIpc) is 2.66. The highest BCUT2D eigenvalue weighted by atomic mass is 32.1. The number of rotatable bonds is 6. The quantitative estimate of drug-likeness (QED) is 0.577. The molecular weight excluding hydrogens is 210 g/mol. The molecule has 0 amide bonds. The normalized spacial score (nSPS) is 11.0. The number of carbonyl (C=O) groups is 1. The van der Waals surface area contributed by atoms with Gasteiger partial charge >= 0.3 is 5.97 Å². The van der Waals surface area contributed by atoms with Gasteiger partial charge in [0.05, 0.1) is 0 Å². The summed E-state index contributed by atoms with van der Waals surface area (Å²) >= 11 is 1.27. The Morgan fingerprint density at radius 3 is 3.13 bits per heavy atom. The van der Waals surface area contributed by atoms with Crippen LogP contribution in [0.1, 0.15) is 28.6 Å². The lowest BCUT2D eigenvalue weighted by molar-refractivity contribution is 0.0701. The summed E-state index contributed by atoms with van der Waals surface area (Å²) in [5.41, 5.74) is 0.868. The molecule has 15 heavy (non-hydrogen) atoms. The van der Waals surface area contributed by atoms with Gasteiger partial charge in [0.25, 0.3) is 0 Å². The first-order valence-corrected chi connectivity index (χ1v) is 5.75. The molecule has 0 aliphatic heterocycles. The molecule has 0 fully saturated rings. The largest absolute Gasteiger partial charge is 0.477 e. The Morgan fingerprint density at radius 2 is 2.47 bits per heavy atom. The minimum atomic E-state index is -0.838. The van der Waals surface area contributed by atoms with Crippen molar-refractivity contribution >= 4 is 17.3 Å². The molecule has 1 rings (SSSR count). The van der Waals surface area contributed by atoms with E-state index in [2.05, 4.69) is 11.4 Å². The van der Waals surface area contributed by atoms with Gasteiger partial charge in [-0.3, -0.25) is 0 Å². The van der Waals surface area contributed by atoms with E-state index < -0.39 is 5.97 Å². The van der Waals surface area contributed by atoms with Crippen molar-refractivity contribution in [2.75, 3.05) is 6.54 Å². The highest BCUT2D eigenvalue weighted by Crippen LogP contribution is 2.16. The van der Waals surface area contributed by atoms with E-state index in [9.17, 15) is 4.79 Å². The maximum absolute atomic E-state index is 10.8. The fourth-order valence-electron chi connectivity index (χ4n) is 1.24. The van der Waals surface area contributed by atoms with Crippen LogP contribution in [0.25, 0.3) is 0 Å². The minimum absolute atomic E-state index is 0.438. The molecule has 1 aromatic rings. The Bertz CT molecular complexity index is 344. The van der Waals surface area contributed by atoms with Crippen LogP contribution < -0.4 is 5.32 Å². The van der Waals surface area contributed by atoms with Gasteiger partial charge in [-0.05, 0) is 36.9 Å². The van der Waals surface area contributed by atoms with Gasteiger partial charge in [-0.2, -0.15) is 0 Å². The molecule has 0 spiro atoms. The fourth-order valence-corrected chi connectivity index (χ4v) is 2.00. The van der Waals surface area contributed by atoms with E-state index in [0.29, 0.717) is 11.4 Å². The molecule has 0 aliphatic rings. The SMILES string of the molecule is C/C=C/CCNCc1ccsc1C(=O)O. The highest BCUT2D eigenvalue weighted by Gasteiger charge is 2.10. The van der Waals surface area contributed by atoms with Crippen LogP contribution in [0.2, 0.25) is 0 Å². The van der Waals surface area contributed by atoms with Crippen LogP contribution in [-0.4, -0.2) is 17.6 Å². The van der Waals surface area contributed by atoms with E-state index in [0.717, 1.165) is 18.5 Å². The Balaban J connectivity index is 2.37. The molecule has 0 aliphatic carbocycles. The highest BCUT2D eigenvalue weighted by molar-refractivity contribution is 7.12. The molecule has 4 heteroatoms. The van der Waals surface area contributed by atoms with Gasteiger partial charge in [0, 0.05) is 6.54 Å². The second-order valence-electron chi connectivity index (χ2n) is 3.11. The van der Waals surface area contributed by atoms with Gasteiger partial charge in [-0.1, -0.05) is 12.2 Å². The number of hydrogen-bond acceptors (Lipinski definition) is 3. The third-order valence-corrected chi connectivity index (χ3v) is 2.92. The number of hydrogen-bond donors (Lipinski definition) is 2. The molecule has 0 atom stereocenters. The molecule has 0 unspecified atom stereocenters. The third kappa shape index (κ3) is 3.85. The second kappa shape index (κ2) is 6.37. The fraction of sp³-hybridized carbons (Fsp3) is 0.364. The van der Waals surface area contributed by atoms with Crippen molar-refractivity contribution in [2.24, 2.45) is 0 Å². The van der Waals surface area contributed by atoms with Gasteiger partial charge in [-0.25, -0.2) is 4.79 Å². The maximum atomic E-state index is 10.8. The number of carboxylic acid groups (broad SMARTS) is 1. The number of carboxylic acids is 1. The molecule has 0 saturated carbocycles. The van der Waals surface area contributed by atoms with Crippen LogP contribution in [0.4, 0.5) is 0 Å². The Hall–Kier alpha value is -1.13. The van der Waals surface area contributed by atoms with Crippen LogP contribution in [-0.2, 0) is 6.54 Å². The number of aromatic carboxylic acids is 1. The van der Waals surface area contributed by atoms with Gasteiger partial charge in [0.2, 0.25) is 0 Å². The monoisotopic (exact) mass is 225 g/mol. The molecule has 0 aromatic carbocycles. The third-order valence-electron chi connectivity index (χ3n) is 1.98. The van der Waals surface area contributed by atoms with E-state index >= 15 is 0 Å². The van der Waals surface area contributed by atoms with E-state index in [1.54, 1.807) is 0 Å². The summed E-state index contributed by atoms with van der Waals surface area (Å²) in [5.74, 6) is -0.838. The summed E-state index contributed by atoms with van der Waals surface area (Å²) in [6.45, 7) is 3.49. The smallest absolute Gasteiger partial charge is 0.346 e. The molecular formula is C11H15NO2S. The first-order valence-electron chi connectivity index (χ1n) is 4.87. The lowest BCUT2D eigenvalue weighted by atomic mass is 10.2. The second-order valence-corrected chi connectivity index (χ2v) is 4.03. The van der Waals surface area contributed by atoms with Crippen molar-refractivity contribution in [3.8, 4) is 0 Å². The zero-order valence-electron chi connectivity index (χ0n) is 8.69. The molecule has 0 bridgehead atoms. The van der Waals surface area contributed by atoms with E-state index in [1.807, 2.05) is 24.4 Å². The molecule has 0 saturated heterocycles. The van der Waals surface area contributed by atoms with E-state index in [-0.39, 0.29) is 0 Å². The molecule has 0 radical (unpaired) electrons. The summed E-state index contributed by atoms with van der Waals surface area (Å²) in [6, 6.07) is 1.86. The lowest BCUT2D eigenvalue weighted by Gasteiger charge is -2.02. The molecule has 2 N–H and O–H groups in total. The molecule has 82 valence electrons. The zero-order chi connectivity index (χ0) is 11.1. The predicted octanol–water partition coefficient (Wildman–Crippen LogP) is 2.50. The Kier molecular flexibility index (Phi) is 5.07. The topological polar surface area (TPSA) is 49.3 Å². The number of nitrogens with one attached hydrogen (secondary N) is 1. The van der Waals surface area contributed by atoms with E-state index in [1.165, 1.54) is 11.3 Å². The summed E-state index contributed by atoms with van der Waals surface area (Å²) in [6.07, 6.45) is 5.07.